The van der Waals surface area contributed by atoms with Gasteiger partial charge < -0.3 is 15.0 Å². The number of fused-ring (bicyclic) bond motifs is 1. The molecule has 1 amide bonds. The number of hydrogen-bond acceptors (Lipinski definition) is 4. The zero-order valence-electron chi connectivity index (χ0n) is 14.4. The maximum atomic E-state index is 12.4. The molecule has 2 aliphatic heterocycles. The van der Waals surface area contributed by atoms with Crippen molar-refractivity contribution in [3.05, 3.63) is 29.3 Å². The van der Waals surface area contributed by atoms with Crippen LogP contribution < -0.4 is 10.1 Å². The van der Waals surface area contributed by atoms with Gasteiger partial charge in [0.2, 0.25) is 5.91 Å². The lowest BCUT2D eigenvalue weighted by Gasteiger charge is -2.29. The number of rotatable bonds is 4. The number of likely N-dealkylation sites (N-methyl/N-ethyl adjacent to an activating group) is 1. The Hall–Kier alpha value is -1.59. The van der Waals surface area contributed by atoms with Gasteiger partial charge in [0, 0.05) is 44.7 Å². The summed E-state index contributed by atoms with van der Waals surface area (Å²) in [7, 11) is 2.00. The number of ether oxygens (including phenoxy) is 1. The predicted molar refractivity (Wildman–Crippen MR) is 90.6 cm³/mol. The predicted octanol–water partition coefficient (Wildman–Crippen LogP) is 1.26. The van der Waals surface area contributed by atoms with Gasteiger partial charge in [0.1, 0.15) is 11.4 Å². The monoisotopic (exact) mass is 317 g/mol. The minimum Gasteiger partial charge on any atom is -0.487 e. The normalized spacial score (nSPS) is 19.6. The van der Waals surface area contributed by atoms with Gasteiger partial charge in [-0.05, 0) is 26.5 Å². The molecular formula is C18H27N3O2. The fourth-order valence-electron chi connectivity index (χ4n) is 3.40. The third-order valence-corrected chi connectivity index (χ3v) is 4.49. The van der Waals surface area contributed by atoms with Crippen LogP contribution in [0.4, 0.5) is 0 Å². The standard InChI is InChI=1S/C18H27N3O2/c1-18(2)11-14-5-4-6-15(17(14)23-18)12-20(3)13-16(22)21-9-7-19-8-10-21/h4-6,19H,7-13H2,1-3H3. The Kier molecular flexibility index (Phi) is 4.60. The molecule has 5 nitrogen and oxygen atoms in total. The van der Waals surface area contributed by atoms with E-state index in [9.17, 15) is 4.79 Å². The van der Waals surface area contributed by atoms with Gasteiger partial charge in [-0.15, -0.1) is 0 Å². The summed E-state index contributed by atoms with van der Waals surface area (Å²) in [6.45, 7) is 8.83. The summed E-state index contributed by atoms with van der Waals surface area (Å²) in [5, 5.41) is 3.27. The van der Waals surface area contributed by atoms with E-state index < -0.39 is 0 Å². The third-order valence-electron chi connectivity index (χ3n) is 4.49. The molecule has 0 spiro atoms. The fraction of sp³-hybridized carbons (Fsp3) is 0.611. The molecule has 1 aromatic carbocycles. The smallest absolute Gasteiger partial charge is 0.236 e. The van der Waals surface area contributed by atoms with E-state index in [4.69, 9.17) is 4.74 Å². The molecule has 1 aromatic rings. The van der Waals surface area contributed by atoms with Crippen LogP contribution in [0.3, 0.4) is 0 Å². The molecule has 2 aliphatic rings. The van der Waals surface area contributed by atoms with E-state index in [2.05, 4.69) is 42.3 Å². The molecule has 2 heterocycles. The van der Waals surface area contributed by atoms with E-state index in [0.29, 0.717) is 6.54 Å². The largest absolute Gasteiger partial charge is 0.487 e. The molecule has 0 saturated carbocycles. The van der Waals surface area contributed by atoms with Gasteiger partial charge in [-0.3, -0.25) is 9.69 Å². The first kappa shape index (κ1) is 16.3. The van der Waals surface area contributed by atoms with Crippen LogP contribution in [0.25, 0.3) is 0 Å². The molecule has 126 valence electrons. The first-order valence-electron chi connectivity index (χ1n) is 8.41. The summed E-state index contributed by atoms with van der Waals surface area (Å²) < 4.78 is 6.12. The van der Waals surface area contributed by atoms with Gasteiger partial charge in [-0.2, -0.15) is 0 Å². The molecule has 0 bridgehead atoms. The zero-order chi connectivity index (χ0) is 16.4. The minimum atomic E-state index is -0.131. The molecule has 0 aromatic heterocycles. The lowest BCUT2D eigenvalue weighted by molar-refractivity contribution is -0.132. The molecule has 5 heteroatoms. The molecule has 1 fully saturated rings. The van der Waals surface area contributed by atoms with Crippen LogP contribution in [-0.4, -0.2) is 61.1 Å². The van der Waals surface area contributed by atoms with Gasteiger partial charge in [0.15, 0.2) is 0 Å². The zero-order valence-corrected chi connectivity index (χ0v) is 14.4. The van der Waals surface area contributed by atoms with Crippen molar-refractivity contribution in [2.24, 2.45) is 0 Å². The van der Waals surface area contributed by atoms with Crippen LogP contribution >= 0.6 is 0 Å². The highest BCUT2D eigenvalue weighted by Crippen LogP contribution is 2.37. The van der Waals surface area contributed by atoms with Crippen molar-refractivity contribution < 1.29 is 9.53 Å². The Balaban J connectivity index is 1.62. The lowest BCUT2D eigenvalue weighted by atomic mass is 10.0. The number of nitrogens with one attached hydrogen (secondary N) is 1. The Labute approximate surface area is 138 Å². The molecule has 0 unspecified atom stereocenters. The van der Waals surface area contributed by atoms with Gasteiger partial charge in [-0.25, -0.2) is 0 Å². The summed E-state index contributed by atoms with van der Waals surface area (Å²) in [4.78, 5) is 16.4. The Morgan fingerprint density at radius 1 is 1.35 bits per heavy atom. The Morgan fingerprint density at radius 2 is 2.09 bits per heavy atom. The maximum Gasteiger partial charge on any atom is 0.236 e. The molecule has 0 atom stereocenters. The van der Waals surface area contributed by atoms with Crippen LogP contribution in [0.5, 0.6) is 5.75 Å². The van der Waals surface area contributed by atoms with E-state index in [-0.39, 0.29) is 11.5 Å². The highest BCUT2D eigenvalue weighted by Gasteiger charge is 2.31. The van der Waals surface area contributed by atoms with E-state index in [1.54, 1.807) is 0 Å². The van der Waals surface area contributed by atoms with Crippen LogP contribution in [0.1, 0.15) is 25.0 Å². The van der Waals surface area contributed by atoms with Crippen LogP contribution in [-0.2, 0) is 17.8 Å². The second-order valence-corrected chi connectivity index (χ2v) is 7.25. The average molecular weight is 317 g/mol. The van der Waals surface area contributed by atoms with Crippen LogP contribution in [0.15, 0.2) is 18.2 Å². The van der Waals surface area contributed by atoms with Gasteiger partial charge >= 0.3 is 0 Å². The van der Waals surface area contributed by atoms with Gasteiger partial charge in [0.25, 0.3) is 0 Å². The summed E-state index contributed by atoms with van der Waals surface area (Å²) in [6, 6.07) is 6.33. The topological polar surface area (TPSA) is 44.8 Å². The first-order valence-corrected chi connectivity index (χ1v) is 8.41. The molecule has 1 saturated heterocycles. The SMILES string of the molecule is CN(CC(=O)N1CCNCC1)Cc1cccc2c1OC(C)(C)C2. The Morgan fingerprint density at radius 3 is 2.83 bits per heavy atom. The van der Waals surface area contributed by atoms with Crippen molar-refractivity contribution in [2.45, 2.75) is 32.4 Å². The molecule has 1 N–H and O–H groups in total. The van der Waals surface area contributed by atoms with E-state index in [1.165, 1.54) is 11.1 Å². The Bertz CT molecular complexity index is 580. The summed E-state index contributed by atoms with van der Waals surface area (Å²) in [6.07, 6.45) is 0.944. The summed E-state index contributed by atoms with van der Waals surface area (Å²) in [5.41, 5.74) is 2.31. The number of carbonyl (C=O) groups is 1. The van der Waals surface area contributed by atoms with Gasteiger partial charge in [0.05, 0.1) is 6.54 Å². The van der Waals surface area contributed by atoms with Crippen molar-refractivity contribution in [2.75, 3.05) is 39.8 Å². The van der Waals surface area contributed by atoms with Crippen molar-refractivity contribution in [3.63, 3.8) is 0 Å². The van der Waals surface area contributed by atoms with E-state index in [1.807, 2.05) is 11.9 Å². The first-order chi connectivity index (χ1) is 10.9. The van der Waals surface area contributed by atoms with Crippen molar-refractivity contribution in [1.29, 1.82) is 0 Å². The van der Waals surface area contributed by atoms with Crippen molar-refractivity contribution in [3.8, 4) is 5.75 Å². The number of para-hydroxylation sites is 1. The van der Waals surface area contributed by atoms with Crippen molar-refractivity contribution in [1.82, 2.24) is 15.1 Å². The number of carbonyl (C=O) groups excluding carboxylic acids is 1. The summed E-state index contributed by atoms with van der Waals surface area (Å²) in [5.74, 6) is 1.22. The summed E-state index contributed by atoms with van der Waals surface area (Å²) >= 11 is 0. The number of amides is 1. The molecule has 0 aliphatic carbocycles. The lowest BCUT2D eigenvalue weighted by Crippen LogP contribution is -2.49. The third kappa shape index (κ3) is 3.85. The highest BCUT2D eigenvalue weighted by atomic mass is 16.5. The maximum absolute atomic E-state index is 12.4. The molecule has 3 rings (SSSR count). The molecular weight excluding hydrogens is 290 g/mol. The van der Waals surface area contributed by atoms with Gasteiger partial charge in [-0.1, -0.05) is 18.2 Å². The average Bonchev–Trinajstić information content (AvgIpc) is 2.83. The quantitative estimate of drug-likeness (QED) is 0.908. The molecule has 23 heavy (non-hydrogen) atoms. The number of hydrogen-bond donors (Lipinski definition) is 1. The van der Waals surface area contributed by atoms with Crippen LogP contribution in [0.2, 0.25) is 0 Å². The van der Waals surface area contributed by atoms with Crippen LogP contribution in [0, 0.1) is 0 Å². The fourth-order valence-corrected chi connectivity index (χ4v) is 3.40. The second-order valence-electron chi connectivity index (χ2n) is 7.25. The molecule has 0 radical (unpaired) electrons. The minimum absolute atomic E-state index is 0.131. The number of benzene rings is 1. The van der Waals surface area contributed by atoms with E-state index in [0.717, 1.165) is 44.9 Å². The number of piperazine rings is 1. The highest BCUT2D eigenvalue weighted by molar-refractivity contribution is 5.78. The van der Waals surface area contributed by atoms with Crippen molar-refractivity contribution >= 4 is 5.91 Å². The second kappa shape index (κ2) is 6.49. The number of nitrogens with zero attached hydrogens (tertiary/aromatic N) is 2. The van der Waals surface area contributed by atoms with E-state index >= 15 is 0 Å².